The third kappa shape index (κ3) is 3.08. The van der Waals surface area contributed by atoms with Crippen LogP contribution in [0.15, 0.2) is 29.2 Å². The molecular weight excluding hydrogens is 276 g/mol. The lowest BCUT2D eigenvalue weighted by Crippen LogP contribution is -2.46. The van der Waals surface area contributed by atoms with Crippen LogP contribution in [-0.4, -0.2) is 44.7 Å². The summed E-state index contributed by atoms with van der Waals surface area (Å²) in [6.45, 7) is 3.09. The molecule has 1 aromatic rings. The Bertz CT molecular complexity index is 575. The molecule has 1 saturated heterocycles. The maximum Gasteiger partial charge on any atom is 0.243 e. The number of ketones is 1. The van der Waals surface area contributed by atoms with E-state index in [1.807, 2.05) is 0 Å². The summed E-state index contributed by atoms with van der Waals surface area (Å²) in [7, 11) is -1.88. The number of hydrogen-bond donors (Lipinski definition) is 1. The number of Topliss-reactive ketones (excluding diaryl/α,β-unsaturated/α-hetero) is 1. The van der Waals surface area contributed by atoms with Crippen molar-refractivity contribution in [2.75, 3.05) is 20.1 Å². The summed E-state index contributed by atoms with van der Waals surface area (Å²) in [6, 6.07) is 6.10. The second-order valence-corrected chi connectivity index (χ2v) is 7.10. The lowest BCUT2D eigenvalue weighted by Gasteiger charge is -2.30. The lowest BCUT2D eigenvalue weighted by atomic mass is 10.1. The first kappa shape index (κ1) is 15.2. The highest BCUT2D eigenvalue weighted by molar-refractivity contribution is 7.89. The Morgan fingerprint density at radius 3 is 2.45 bits per heavy atom. The van der Waals surface area contributed by atoms with Crippen molar-refractivity contribution in [1.82, 2.24) is 9.62 Å². The van der Waals surface area contributed by atoms with Crippen LogP contribution < -0.4 is 5.32 Å². The summed E-state index contributed by atoms with van der Waals surface area (Å²) in [5, 5.41) is 3.21. The van der Waals surface area contributed by atoms with Crippen LogP contribution in [0.4, 0.5) is 0 Å². The first-order valence-corrected chi connectivity index (χ1v) is 8.16. The van der Waals surface area contributed by atoms with Crippen molar-refractivity contribution < 1.29 is 13.2 Å². The molecule has 20 heavy (non-hydrogen) atoms. The molecule has 5 nitrogen and oxygen atoms in total. The molecule has 1 aromatic carbocycles. The Morgan fingerprint density at radius 1 is 1.30 bits per heavy atom. The van der Waals surface area contributed by atoms with Gasteiger partial charge in [0.05, 0.1) is 4.90 Å². The van der Waals surface area contributed by atoms with E-state index in [1.54, 1.807) is 19.2 Å². The van der Waals surface area contributed by atoms with Gasteiger partial charge in [-0.1, -0.05) is 12.1 Å². The van der Waals surface area contributed by atoms with Gasteiger partial charge < -0.3 is 5.32 Å². The number of rotatable bonds is 4. The van der Waals surface area contributed by atoms with Crippen molar-refractivity contribution >= 4 is 15.8 Å². The largest absolute Gasteiger partial charge is 0.315 e. The Hall–Kier alpha value is -1.24. The molecule has 1 fully saturated rings. The van der Waals surface area contributed by atoms with Gasteiger partial charge in [-0.2, -0.15) is 4.31 Å². The Labute approximate surface area is 120 Å². The van der Waals surface area contributed by atoms with E-state index >= 15 is 0 Å². The van der Waals surface area contributed by atoms with Gasteiger partial charge in [0.25, 0.3) is 0 Å². The van der Waals surface area contributed by atoms with Crippen LogP contribution in [0.5, 0.6) is 0 Å². The molecule has 6 heteroatoms. The topological polar surface area (TPSA) is 66.5 Å². The molecule has 0 aromatic heterocycles. The molecule has 1 heterocycles. The fourth-order valence-corrected chi connectivity index (χ4v) is 3.75. The lowest BCUT2D eigenvalue weighted by molar-refractivity contribution is 0.101. The van der Waals surface area contributed by atoms with Crippen LogP contribution in [0.25, 0.3) is 0 Å². The van der Waals surface area contributed by atoms with E-state index in [0.717, 1.165) is 19.4 Å². The van der Waals surface area contributed by atoms with Crippen molar-refractivity contribution in [3.8, 4) is 0 Å². The standard InChI is InChI=1S/C14H20N2O3S/c1-11(17)12-5-7-14(8-6-12)20(18,19)16(2)13-4-3-9-15-10-13/h5-8,13,15H,3-4,9-10H2,1-2H3. The van der Waals surface area contributed by atoms with Gasteiger partial charge in [-0.15, -0.1) is 0 Å². The predicted molar refractivity (Wildman–Crippen MR) is 77.3 cm³/mol. The monoisotopic (exact) mass is 296 g/mol. The first-order chi connectivity index (χ1) is 9.43. The zero-order valence-corrected chi connectivity index (χ0v) is 12.6. The molecule has 2 rings (SSSR count). The molecule has 110 valence electrons. The predicted octanol–water partition coefficient (Wildman–Crippen LogP) is 1.26. The number of sulfonamides is 1. The summed E-state index contributed by atoms with van der Waals surface area (Å²) in [4.78, 5) is 11.5. The summed E-state index contributed by atoms with van der Waals surface area (Å²) in [6.07, 6.45) is 1.85. The smallest absolute Gasteiger partial charge is 0.243 e. The van der Waals surface area contributed by atoms with Gasteiger partial charge in [0, 0.05) is 25.2 Å². The van der Waals surface area contributed by atoms with Crippen LogP contribution >= 0.6 is 0 Å². The highest BCUT2D eigenvalue weighted by Gasteiger charge is 2.28. The van der Waals surface area contributed by atoms with E-state index in [4.69, 9.17) is 0 Å². The second kappa shape index (κ2) is 6.03. The molecule has 1 unspecified atom stereocenters. The molecule has 0 aliphatic carbocycles. The van der Waals surface area contributed by atoms with Gasteiger partial charge in [0.2, 0.25) is 10.0 Å². The number of carbonyl (C=O) groups is 1. The van der Waals surface area contributed by atoms with Crippen molar-refractivity contribution in [3.63, 3.8) is 0 Å². The van der Waals surface area contributed by atoms with E-state index in [1.165, 1.54) is 23.4 Å². The Kier molecular flexibility index (Phi) is 4.57. The summed E-state index contributed by atoms with van der Waals surface area (Å²) < 4.78 is 26.5. The van der Waals surface area contributed by atoms with Crippen molar-refractivity contribution in [2.24, 2.45) is 0 Å². The Balaban J connectivity index is 2.22. The Morgan fingerprint density at radius 2 is 1.95 bits per heavy atom. The fraction of sp³-hybridized carbons (Fsp3) is 0.500. The number of hydrogen-bond acceptors (Lipinski definition) is 4. The zero-order valence-electron chi connectivity index (χ0n) is 11.8. The number of nitrogens with zero attached hydrogens (tertiary/aromatic N) is 1. The average molecular weight is 296 g/mol. The highest BCUT2D eigenvalue weighted by atomic mass is 32.2. The number of carbonyl (C=O) groups excluding carboxylic acids is 1. The highest BCUT2D eigenvalue weighted by Crippen LogP contribution is 2.20. The molecule has 1 N–H and O–H groups in total. The van der Waals surface area contributed by atoms with E-state index in [0.29, 0.717) is 12.1 Å². The molecule has 0 radical (unpaired) electrons. The minimum atomic E-state index is -3.50. The van der Waals surface area contributed by atoms with Crippen LogP contribution in [0.3, 0.4) is 0 Å². The van der Waals surface area contributed by atoms with Crippen molar-refractivity contribution in [3.05, 3.63) is 29.8 Å². The van der Waals surface area contributed by atoms with Crippen LogP contribution in [0, 0.1) is 0 Å². The normalized spacial score (nSPS) is 20.1. The van der Waals surface area contributed by atoms with E-state index in [2.05, 4.69) is 5.32 Å². The van der Waals surface area contributed by atoms with Gasteiger partial charge in [-0.25, -0.2) is 8.42 Å². The van der Waals surface area contributed by atoms with Gasteiger partial charge in [-0.05, 0) is 38.4 Å². The average Bonchev–Trinajstić information content (AvgIpc) is 2.47. The molecule has 0 spiro atoms. The maximum absolute atomic E-state index is 12.5. The van der Waals surface area contributed by atoms with Crippen LogP contribution in [0.2, 0.25) is 0 Å². The first-order valence-electron chi connectivity index (χ1n) is 6.72. The van der Waals surface area contributed by atoms with Crippen LogP contribution in [0.1, 0.15) is 30.1 Å². The summed E-state index contributed by atoms with van der Waals surface area (Å²) in [5.74, 6) is -0.0706. The molecule has 1 aliphatic heterocycles. The molecular formula is C14H20N2O3S. The molecule has 0 bridgehead atoms. The second-order valence-electron chi connectivity index (χ2n) is 5.10. The van der Waals surface area contributed by atoms with Crippen molar-refractivity contribution in [2.45, 2.75) is 30.7 Å². The van der Waals surface area contributed by atoms with Gasteiger partial charge in [0.1, 0.15) is 0 Å². The van der Waals surface area contributed by atoms with Gasteiger partial charge >= 0.3 is 0 Å². The van der Waals surface area contributed by atoms with Crippen molar-refractivity contribution in [1.29, 1.82) is 0 Å². The van der Waals surface area contributed by atoms with Crippen LogP contribution in [-0.2, 0) is 10.0 Å². The minimum absolute atomic E-state index is 0.0127. The third-order valence-corrected chi connectivity index (χ3v) is 5.65. The number of likely N-dealkylation sites (N-methyl/N-ethyl adjacent to an activating group) is 1. The SMILES string of the molecule is CC(=O)c1ccc(S(=O)(=O)N(C)C2CCCNC2)cc1. The molecule has 1 atom stereocenters. The number of benzene rings is 1. The van der Waals surface area contributed by atoms with Gasteiger partial charge in [0.15, 0.2) is 5.78 Å². The quantitative estimate of drug-likeness (QED) is 0.850. The summed E-state index contributed by atoms with van der Waals surface area (Å²) in [5.41, 5.74) is 0.519. The van der Waals surface area contributed by atoms with E-state index < -0.39 is 10.0 Å². The van der Waals surface area contributed by atoms with E-state index in [9.17, 15) is 13.2 Å². The molecule has 1 aliphatic rings. The number of nitrogens with one attached hydrogen (secondary N) is 1. The minimum Gasteiger partial charge on any atom is -0.315 e. The molecule has 0 saturated carbocycles. The van der Waals surface area contributed by atoms with Gasteiger partial charge in [-0.3, -0.25) is 4.79 Å². The number of piperidine rings is 1. The zero-order chi connectivity index (χ0) is 14.8. The molecule has 0 amide bonds. The van der Waals surface area contributed by atoms with E-state index in [-0.39, 0.29) is 16.7 Å². The fourth-order valence-electron chi connectivity index (χ4n) is 2.37. The maximum atomic E-state index is 12.5. The summed E-state index contributed by atoms with van der Waals surface area (Å²) >= 11 is 0. The third-order valence-electron chi connectivity index (χ3n) is 3.72.